The predicted octanol–water partition coefficient (Wildman–Crippen LogP) is 1.78. The number of piperidine rings is 1. The van der Waals surface area contributed by atoms with Crippen molar-refractivity contribution in [2.45, 2.75) is 26.2 Å². The van der Waals surface area contributed by atoms with Crippen molar-refractivity contribution in [3.05, 3.63) is 17.8 Å². The van der Waals surface area contributed by atoms with Gasteiger partial charge in [-0.15, -0.1) is 5.10 Å². The Morgan fingerprint density at radius 1 is 1.23 bits per heavy atom. The third kappa shape index (κ3) is 1.79. The topological polar surface area (TPSA) is 29.0 Å². The second-order valence-corrected chi connectivity index (χ2v) is 3.59. The lowest BCUT2D eigenvalue weighted by Crippen LogP contribution is -2.30. The summed E-state index contributed by atoms with van der Waals surface area (Å²) in [6, 6.07) is 2.02. The van der Waals surface area contributed by atoms with Crippen molar-refractivity contribution >= 4 is 5.82 Å². The zero-order valence-corrected chi connectivity index (χ0v) is 8.03. The SMILES string of the molecule is Cc1ccnnc1N1CCCCC1. The fourth-order valence-electron chi connectivity index (χ4n) is 1.80. The Bertz CT molecular complexity index is 279. The zero-order chi connectivity index (χ0) is 9.10. The van der Waals surface area contributed by atoms with Crippen LogP contribution in [0.2, 0.25) is 0 Å². The molecule has 3 nitrogen and oxygen atoms in total. The summed E-state index contributed by atoms with van der Waals surface area (Å²) in [6.45, 7) is 4.37. The van der Waals surface area contributed by atoms with Crippen molar-refractivity contribution in [3.63, 3.8) is 0 Å². The Labute approximate surface area is 78.8 Å². The first-order valence-electron chi connectivity index (χ1n) is 4.91. The summed E-state index contributed by atoms with van der Waals surface area (Å²) < 4.78 is 0. The highest BCUT2D eigenvalue weighted by Crippen LogP contribution is 2.19. The smallest absolute Gasteiger partial charge is 0.154 e. The van der Waals surface area contributed by atoms with Gasteiger partial charge >= 0.3 is 0 Å². The molecule has 1 saturated heterocycles. The molecule has 3 heteroatoms. The van der Waals surface area contributed by atoms with Gasteiger partial charge in [-0.1, -0.05) is 0 Å². The van der Waals surface area contributed by atoms with Crippen molar-refractivity contribution in [2.75, 3.05) is 18.0 Å². The predicted molar refractivity (Wildman–Crippen MR) is 52.8 cm³/mol. The van der Waals surface area contributed by atoms with Crippen LogP contribution in [0.25, 0.3) is 0 Å². The third-order valence-electron chi connectivity index (χ3n) is 2.55. The Kier molecular flexibility index (Phi) is 2.43. The van der Waals surface area contributed by atoms with Crippen LogP contribution in [0.1, 0.15) is 24.8 Å². The summed E-state index contributed by atoms with van der Waals surface area (Å²) in [7, 11) is 0. The number of anilines is 1. The zero-order valence-electron chi connectivity index (χ0n) is 8.03. The second-order valence-electron chi connectivity index (χ2n) is 3.59. The number of aryl methyl sites for hydroxylation is 1. The minimum absolute atomic E-state index is 1.07. The van der Waals surface area contributed by atoms with Crippen LogP contribution in [0, 0.1) is 6.92 Å². The minimum atomic E-state index is 1.07. The first-order chi connectivity index (χ1) is 6.38. The largest absolute Gasteiger partial charge is 0.355 e. The van der Waals surface area contributed by atoms with E-state index in [9.17, 15) is 0 Å². The van der Waals surface area contributed by atoms with E-state index in [0.717, 1.165) is 18.9 Å². The fraction of sp³-hybridized carbons (Fsp3) is 0.600. The number of hydrogen-bond donors (Lipinski definition) is 0. The Balaban J connectivity index is 2.18. The molecular weight excluding hydrogens is 162 g/mol. The van der Waals surface area contributed by atoms with Gasteiger partial charge in [-0.3, -0.25) is 0 Å². The molecular formula is C10H15N3. The maximum Gasteiger partial charge on any atom is 0.154 e. The van der Waals surface area contributed by atoms with Crippen molar-refractivity contribution in [3.8, 4) is 0 Å². The van der Waals surface area contributed by atoms with E-state index in [1.54, 1.807) is 6.20 Å². The maximum atomic E-state index is 4.18. The molecule has 0 aromatic carbocycles. The second kappa shape index (κ2) is 3.73. The van der Waals surface area contributed by atoms with Crippen LogP contribution in [-0.2, 0) is 0 Å². The number of hydrogen-bond acceptors (Lipinski definition) is 3. The highest BCUT2D eigenvalue weighted by Gasteiger charge is 2.13. The Morgan fingerprint density at radius 3 is 2.69 bits per heavy atom. The van der Waals surface area contributed by atoms with Gasteiger partial charge in [0.15, 0.2) is 5.82 Å². The lowest BCUT2D eigenvalue weighted by atomic mass is 10.1. The number of aromatic nitrogens is 2. The van der Waals surface area contributed by atoms with E-state index in [-0.39, 0.29) is 0 Å². The molecule has 0 unspecified atom stereocenters. The van der Waals surface area contributed by atoms with E-state index < -0.39 is 0 Å². The molecule has 0 aliphatic carbocycles. The van der Waals surface area contributed by atoms with E-state index in [4.69, 9.17) is 0 Å². The van der Waals surface area contributed by atoms with Gasteiger partial charge in [-0.05, 0) is 37.8 Å². The van der Waals surface area contributed by atoms with Crippen LogP contribution < -0.4 is 4.90 Å². The molecule has 0 amide bonds. The Hall–Kier alpha value is -1.12. The molecule has 2 heterocycles. The van der Waals surface area contributed by atoms with Gasteiger partial charge in [0, 0.05) is 13.1 Å². The van der Waals surface area contributed by atoms with Gasteiger partial charge in [-0.2, -0.15) is 5.10 Å². The van der Waals surface area contributed by atoms with Crippen LogP contribution in [0.5, 0.6) is 0 Å². The molecule has 13 heavy (non-hydrogen) atoms. The molecule has 0 atom stereocenters. The summed E-state index contributed by atoms with van der Waals surface area (Å²) in [5.74, 6) is 1.07. The van der Waals surface area contributed by atoms with Gasteiger partial charge in [-0.25, -0.2) is 0 Å². The molecule has 0 bridgehead atoms. The van der Waals surface area contributed by atoms with Crippen LogP contribution in [-0.4, -0.2) is 23.3 Å². The quantitative estimate of drug-likeness (QED) is 0.654. The van der Waals surface area contributed by atoms with Crippen molar-refractivity contribution in [2.24, 2.45) is 0 Å². The average molecular weight is 177 g/mol. The van der Waals surface area contributed by atoms with Crippen LogP contribution in [0.3, 0.4) is 0 Å². The molecule has 0 spiro atoms. The molecule has 0 N–H and O–H groups in total. The first-order valence-corrected chi connectivity index (χ1v) is 4.91. The molecule has 1 aromatic rings. The standard InChI is InChI=1S/C10H15N3/c1-9-5-6-11-12-10(9)13-7-3-2-4-8-13/h5-6H,2-4,7-8H2,1H3. The van der Waals surface area contributed by atoms with Gasteiger partial charge in [0.2, 0.25) is 0 Å². The third-order valence-corrected chi connectivity index (χ3v) is 2.55. The summed E-state index contributed by atoms with van der Waals surface area (Å²) in [5.41, 5.74) is 1.23. The molecule has 2 rings (SSSR count). The van der Waals surface area contributed by atoms with E-state index >= 15 is 0 Å². The van der Waals surface area contributed by atoms with Crippen LogP contribution in [0.4, 0.5) is 5.82 Å². The summed E-state index contributed by atoms with van der Waals surface area (Å²) in [4.78, 5) is 2.34. The molecule has 1 aromatic heterocycles. The summed E-state index contributed by atoms with van der Waals surface area (Å²) >= 11 is 0. The van der Waals surface area contributed by atoms with Crippen molar-refractivity contribution in [1.82, 2.24) is 10.2 Å². The molecule has 1 aliphatic heterocycles. The van der Waals surface area contributed by atoms with Gasteiger partial charge in [0.05, 0.1) is 6.20 Å². The van der Waals surface area contributed by atoms with E-state index in [1.165, 1.54) is 24.8 Å². The normalized spacial score (nSPS) is 17.5. The molecule has 1 fully saturated rings. The Morgan fingerprint density at radius 2 is 2.00 bits per heavy atom. The van der Waals surface area contributed by atoms with Gasteiger partial charge in [0.25, 0.3) is 0 Å². The van der Waals surface area contributed by atoms with Crippen molar-refractivity contribution < 1.29 is 0 Å². The lowest BCUT2D eigenvalue weighted by Gasteiger charge is -2.28. The molecule has 1 aliphatic rings. The highest BCUT2D eigenvalue weighted by molar-refractivity contribution is 5.44. The monoisotopic (exact) mass is 177 g/mol. The highest BCUT2D eigenvalue weighted by atomic mass is 15.3. The summed E-state index contributed by atoms with van der Waals surface area (Å²) in [5, 5.41) is 8.11. The molecule has 0 radical (unpaired) electrons. The average Bonchev–Trinajstić information content (AvgIpc) is 2.20. The molecule has 70 valence electrons. The van der Waals surface area contributed by atoms with Gasteiger partial charge < -0.3 is 4.90 Å². The van der Waals surface area contributed by atoms with Crippen LogP contribution >= 0.6 is 0 Å². The van der Waals surface area contributed by atoms with E-state index in [0.29, 0.717) is 0 Å². The number of nitrogens with zero attached hydrogens (tertiary/aromatic N) is 3. The van der Waals surface area contributed by atoms with E-state index in [1.807, 2.05) is 6.07 Å². The fourth-order valence-corrected chi connectivity index (χ4v) is 1.80. The maximum absolute atomic E-state index is 4.18. The first kappa shape index (κ1) is 8.48. The summed E-state index contributed by atoms with van der Waals surface area (Å²) in [6.07, 6.45) is 5.69. The molecule has 0 saturated carbocycles. The van der Waals surface area contributed by atoms with Crippen LogP contribution in [0.15, 0.2) is 12.3 Å². The minimum Gasteiger partial charge on any atom is -0.355 e. The van der Waals surface area contributed by atoms with Crippen molar-refractivity contribution in [1.29, 1.82) is 0 Å². The number of rotatable bonds is 1. The van der Waals surface area contributed by atoms with E-state index in [2.05, 4.69) is 22.0 Å². The van der Waals surface area contributed by atoms with Gasteiger partial charge in [0.1, 0.15) is 0 Å². The lowest BCUT2D eigenvalue weighted by molar-refractivity contribution is 0.570.